The number of rotatable bonds is 7. The molecular weight excluding hydrogens is 429 g/mol. The second-order valence-corrected chi connectivity index (χ2v) is 7.13. The number of pyridine rings is 1. The van der Waals surface area contributed by atoms with Gasteiger partial charge in [-0.1, -0.05) is 13.3 Å². The molecule has 0 spiro atoms. The molecule has 3 heterocycles. The monoisotopic (exact) mass is 454 g/mol. The number of aromatic nitrogens is 5. The molecule has 0 aliphatic carbocycles. The largest absolute Gasteiger partial charge is 0.490 e. The highest BCUT2D eigenvalue weighted by Crippen LogP contribution is 2.29. The Morgan fingerprint density at radius 3 is 2.41 bits per heavy atom. The van der Waals surface area contributed by atoms with E-state index in [-0.39, 0.29) is 6.10 Å². The average molecular weight is 454 g/mol. The van der Waals surface area contributed by atoms with Crippen LogP contribution in [0.3, 0.4) is 0 Å². The highest BCUT2D eigenvalue weighted by molar-refractivity contribution is 5.88. The first-order valence-electron chi connectivity index (χ1n) is 9.91. The van der Waals surface area contributed by atoms with Crippen LogP contribution in [-0.2, 0) is 17.8 Å². The van der Waals surface area contributed by atoms with Gasteiger partial charge in [-0.25, -0.2) is 9.78 Å². The number of carboxylic acid groups (broad SMARTS) is 1. The van der Waals surface area contributed by atoms with E-state index in [1.54, 1.807) is 12.4 Å². The zero-order valence-corrected chi connectivity index (χ0v) is 17.9. The Hall–Kier alpha value is -3.44. The van der Waals surface area contributed by atoms with E-state index in [0.717, 1.165) is 36.2 Å². The van der Waals surface area contributed by atoms with Gasteiger partial charge in [0.25, 0.3) is 5.88 Å². The number of hydrogen-bond acceptors (Lipinski definition) is 7. The molecule has 3 aromatic heterocycles. The summed E-state index contributed by atoms with van der Waals surface area (Å²) in [7, 11) is 0. The minimum atomic E-state index is -5.08. The molecule has 3 N–H and O–H groups in total. The first kappa shape index (κ1) is 24.8. The predicted octanol–water partition coefficient (Wildman–Crippen LogP) is 3.61. The summed E-state index contributed by atoms with van der Waals surface area (Å²) in [6, 6.07) is 3.99. The van der Waals surface area contributed by atoms with Crippen LogP contribution < -0.4 is 10.5 Å². The van der Waals surface area contributed by atoms with Crippen molar-refractivity contribution >= 4 is 22.8 Å². The molecule has 32 heavy (non-hydrogen) atoms. The van der Waals surface area contributed by atoms with Gasteiger partial charge in [-0.05, 0) is 38.0 Å². The van der Waals surface area contributed by atoms with Crippen molar-refractivity contribution in [1.82, 2.24) is 24.7 Å². The summed E-state index contributed by atoms with van der Waals surface area (Å²) in [6.07, 6.45) is 1.52. The van der Waals surface area contributed by atoms with Crippen LogP contribution in [0.1, 0.15) is 45.0 Å². The molecule has 0 amide bonds. The third-order valence-corrected chi connectivity index (χ3v) is 4.17. The minimum absolute atomic E-state index is 0.00973. The lowest BCUT2D eigenvalue weighted by molar-refractivity contribution is -0.192. The number of fused-ring (bicyclic) bond motifs is 1. The molecule has 3 aromatic rings. The molecule has 0 aliphatic heterocycles. The third kappa shape index (κ3) is 6.53. The van der Waals surface area contributed by atoms with Crippen molar-refractivity contribution in [2.45, 2.75) is 58.9 Å². The maximum Gasteiger partial charge on any atom is 0.490 e. The number of aryl methyl sites for hydroxylation is 1. The van der Waals surface area contributed by atoms with Crippen molar-refractivity contribution < 1.29 is 27.8 Å². The van der Waals surface area contributed by atoms with Gasteiger partial charge < -0.3 is 20.1 Å². The zero-order chi connectivity index (χ0) is 23.9. The summed E-state index contributed by atoms with van der Waals surface area (Å²) in [5, 5.41) is 15.3. The van der Waals surface area contributed by atoms with E-state index in [1.165, 1.54) is 0 Å². The normalized spacial score (nSPS) is 11.3. The molecule has 0 saturated carbocycles. The lowest BCUT2D eigenvalue weighted by Gasteiger charge is -2.13. The summed E-state index contributed by atoms with van der Waals surface area (Å²) < 4.78 is 39.8. The van der Waals surface area contributed by atoms with Gasteiger partial charge in [-0.3, -0.25) is 4.98 Å². The average Bonchev–Trinajstić information content (AvgIpc) is 3.08. The molecule has 0 unspecified atom stereocenters. The number of halogens is 3. The van der Waals surface area contributed by atoms with Crippen LogP contribution in [0.25, 0.3) is 11.0 Å². The Bertz CT molecular complexity index is 1040. The van der Waals surface area contributed by atoms with E-state index in [0.29, 0.717) is 23.8 Å². The highest BCUT2D eigenvalue weighted by atomic mass is 19.4. The van der Waals surface area contributed by atoms with Crippen LogP contribution in [0.2, 0.25) is 0 Å². The van der Waals surface area contributed by atoms with Crippen molar-refractivity contribution in [2.75, 3.05) is 5.73 Å². The summed E-state index contributed by atoms with van der Waals surface area (Å²) in [5.74, 6) is -0.975. The molecule has 174 valence electrons. The standard InChI is InChI=1S/C18H24N6O.C2HF3O2/c1-4-5-6-14-21-15-16(18(25-12(2)3)23-22-17(15)19)24(14)11-13-7-9-20-10-8-13;3-2(4,5)1(6)7/h7-10,12H,4-6,11H2,1-3H3,(H2,19,22);(H,6,7). The SMILES string of the molecule is CCCCc1nc2c(N)nnc(OC(C)C)c2n1Cc1ccncc1.O=C(O)C(F)(F)F. The van der Waals surface area contributed by atoms with Crippen LogP contribution in [-0.4, -0.2) is 48.1 Å². The van der Waals surface area contributed by atoms with Gasteiger partial charge in [0.1, 0.15) is 16.9 Å². The van der Waals surface area contributed by atoms with Crippen molar-refractivity contribution in [3.63, 3.8) is 0 Å². The van der Waals surface area contributed by atoms with Crippen LogP contribution in [0, 0.1) is 0 Å². The molecule has 9 nitrogen and oxygen atoms in total. The first-order chi connectivity index (χ1) is 15.0. The van der Waals surface area contributed by atoms with E-state index >= 15 is 0 Å². The highest BCUT2D eigenvalue weighted by Gasteiger charge is 2.38. The van der Waals surface area contributed by atoms with Gasteiger partial charge in [-0.2, -0.15) is 13.2 Å². The van der Waals surface area contributed by atoms with Crippen LogP contribution in [0.4, 0.5) is 19.0 Å². The fourth-order valence-electron chi connectivity index (χ4n) is 2.76. The van der Waals surface area contributed by atoms with Gasteiger partial charge in [0, 0.05) is 25.4 Å². The maximum atomic E-state index is 10.6. The summed E-state index contributed by atoms with van der Waals surface area (Å²) in [5.41, 5.74) is 8.65. The van der Waals surface area contributed by atoms with Crippen molar-refractivity contribution in [3.8, 4) is 5.88 Å². The molecule has 0 atom stereocenters. The fraction of sp³-hybridized carbons (Fsp3) is 0.450. The van der Waals surface area contributed by atoms with Gasteiger partial charge in [0.2, 0.25) is 0 Å². The molecule has 0 aromatic carbocycles. The van der Waals surface area contributed by atoms with Gasteiger partial charge in [0.15, 0.2) is 5.82 Å². The van der Waals surface area contributed by atoms with E-state index in [2.05, 4.69) is 26.7 Å². The molecule has 0 saturated heterocycles. The number of nitrogens with zero attached hydrogens (tertiary/aromatic N) is 5. The number of alkyl halides is 3. The van der Waals surface area contributed by atoms with E-state index in [4.69, 9.17) is 25.4 Å². The Morgan fingerprint density at radius 2 is 1.88 bits per heavy atom. The molecular formula is C20H25F3N6O3. The maximum absolute atomic E-state index is 10.6. The second kappa shape index (κ2) is 10.7. The molecule has 12 heteroatoms. The van der Waals surface area contributed by atoms with Crippen LogP contribution in [0.5, 0.6) is 5.88 Å². The van der Waals surface area contributed by atoms with E-state index in [9.17, 15) is 13.2 Å². The predicted molar refractivity (Wildman–Crippen MR) is 111 cm³/mol. The van der Waals surface area contributed by atoms with Gasteiger partial charge in [0.05, 0.1) is 6.10 Å². The Labute approximate surface area is 182 Å². The number of aliphatic carboxylic acids is 1. The second-order valence-electron chi connectivity index (χ2n) is 7.13. The number of imidazole rings is 1. The lowest BCUT2D eigenvalue weighted by atomic mass is 10.2. The molecule has 3 rings (SSSR count). The molecule has 0 aliphatic rings. The number of hydrogen-bond donors (Lipinski definition) is 2. The third-order valence-electron chi connectivity index (χ3n) is 4.17. The Balaban J connectivity index is 0.000000451. The lowest BCUT2D eigenvalue weighted by Crippen LogP contribution is -2.21. The number of carboxylic acids is 1. The summed E-state index contributed by atoms with van der Waals surface area (Å²) >= 11 is 0. The molecule has 0 bridgehead atoms. The first-order valence-corrected chi connectivity index (χ1v) is 9.91. The Kier molecular flexibility index (Phi) is 8.33. The number of anilines is 1. The number of nitrogens with two attached hydrogens (primary N) is 1. The van der Waals surface area contributed by atoms with Crippen molar-refractivity contribution in [1.29, 1.82) is 0 Å². The number of nitrogen functional groups attached to an aromatic ring is 1. The van der Waals surface area contributed by atoms with Gasteiger partial charge in [-0.15, -0.1) is 10.2 Å². The van der Waals surface area contributed by atoms with Gasteiger partial charge >= 0.3 is 12.1 Å². The zero-order valence-electron chi connectivity index (χ0n) is 17.9. The molecule has 0 fully saturated rings. The minimum Gasteiger partial charge on any atom is -0.475 e. The Morgan fingerprint density at radius 1 is 1.25 bits per heavy atom. The summed E-state index contributed by atoms with van der Waals surface area (Å²) in [6.45, 7) is 6.76. The van der Waals surface area contributed by atoms with Crippen molar-refractivity contribution in [2.24, 2.45) is 0 Å². The number of unbranched alkanes of at least 4 members (excludes halogenated alkanes) is 1. The van der Waals surface area contributed by atoms with Crippen LogP contribution in [0.15, 0.2) is 24.5 Å². The number of ether oxygens (including phenoxy) is 1. The number of carbonyl (C=O) groups is 1. The summed E-state index contributed by atoms with van der Waals surface area (Å²) in [4.78, 5) is 17.7. The fourth-order valence-corrected chi connectivity index (χ4v) is 2.76. The smallest absolute Gasteiger partial charge is 0.475 e. The van der Waals surface area contributed by atoms with E-state index < -0.39 is 12.1 Å². The van der Waals surface area contributed by atoms with E-state index in [1.807, 2.05) is 26.0 Å². The topological polar surface area (TPSA) is 129 Å². The van der Waals surface area contributed by atoms with Crippen molar-refractivity contribution in [3.05, 3.63) is 35.9 Å². The molecule has 0 radical (unpaired) electrons. The quantitative estimate of drug-likeness (QED) is 0.554. The van der Waals surface area contributed by atoms with Crippen LogP contribution >= 0.6 is 0 Å².